The number of anilines is 1. The zero-order valence-corrected chi connectivity index (χ0v) is 17.1. The third-order valence-electron chi connectivity index (χ3n) is 4.35. The molecule has 3 amide bonds. The molecule has 1 heterocycles. The van der Waals surface area contributed by atoms with Crippen LogP contribution in [0, 0.1) is 5.82 Å². The molecule has 1 aliphatic rings. The van der Waals surface area contributed by atoms with Crippen molar-refractivity contribution in [2.45, 2.75) is 12.5 Å². The number of halogens is 4. The first-order valence-corrected chi connectivity index (χ1v) is 9.69. The molecule has 2 aromatic rings. The largest absolute Gasteiger partial charge is 0.353 e. The zero-order valence-electron chi connectivity index (χ0n) is 14.8. The number of nitrogens with zero attached hydrogens (tertiary/aromatic N) is 1. The molecule has 0 spiro atoms. The molecule has 0 saturated carbocycles. The maximum absolute atomic E-state index is 14.2. The number of piperazine rings is 1. The van der Waals surface area contributed by atoms with Crippen LogP contribution in [0.15, 0.2) is 36.4 Å². The molecule has 6 nitrogen and oxygen atoms in total. The van der Waals surface area contributed by atoms with E-state index in [0.29, 0.717) is 5.02 Å². The van der Waals surface area contributed by atoms with E-state index >= 15 is 0 Å². The topological polar surface area (TPSA) is 78.5 Å². The summed E-state index contributed by atoms with van der Waals surface area (Å²) in [6, 6.07) is 7.26. The first kappa shape index (κ1) is 21.4. The minimum atomic E-state index is -1.13. The summed E-state index contributed by atoms with van der Waals surface area (Å²) >= 11 is 17.9. The highest BCUT2D eigenvalue weighted by Gasteiger charge is 2.36. The number of hydrogen-bond acceptors (Lipinski definition) is 3. The first-order chi connectivity index (χ1) is 13.8. The highest BCUT2D eigenvalue weighted by atomic mass is 35.5. The fraction of sp³-hybridized carbons (Fsp3) is 0.211. The maximum Gasteiger partial charge on any atom is 0.259 e. The highest BCUT2D eigenvalue weighted by Crippen LogP contribution is 2.27. The summed E-state index contributed by atoms with van der Waals surface area (Å²) in [7, 11) is 0. The predicted octanol–water partition coefficient (Wildman–Crippen LogP) is 3.76. The predicted molar refractivity (Wildman–Crippen MR) is 109 cm³/mol. The van der Waals surface area contributed by atoms with Crippen LogP contribution in [0.2, 0.25) is 15.1 Å². The Morgan fingerprint density at radius 1 is 1.17 bits per heavy atom. The molecule has 2 N–H and O–H groups in total. The van der Waals surface area contributed by atoms with E-state index < -0.39 is 29.6 Å². The number of benzene rings is 2. The molecule has 0 bridgehead atoms. The molecule has 1 fully saturated rings. The Kier molecular flexibility index (Phi) is 6.62. The van der Waals surface area contributed by atoms with E-state index in [1.807, 2.05) is 0 Å². The van der Waals surface area contributed by atoms with Crippen molar-refractivity contribution in [1.29, 1.82) is 0 Å². The monoisotopic (exact) mass is 457 g/mol. The van der Waals surface area contributed by atoms with Crippen LogP contribution in [0.4, 0.5) is 10.1 Å². The second-order valence-electron chi connectivity index (χ2n) is 6.28. The summed E-state index contributed by atoms with van der Waals surface area (Å²) in [5.74, 6) is -2.65. The van der Waals surface area contributed by atoms with Crippen molar-refractivity contribution >= 4 is 58.2 Å². The summed E-state index contributed by atoms with van der Waals surface area (Å²) in [5.41, 5.74) is -0.0671. The van der Waals surface area contributed by atoms with Gasteiger partial charge < -0.3 is 15.5 Å². The number of nitrogens with one attached hydrogen (secondary N) is 2. The van der Waals surface area contributed by atoms with Gasteiger partial charge in [-0.15, -0.1) is 0 Å². The van der Waals surface area contributed by atoms with Gasteiger partial charge in [0.1, 0.15) is 11.9 Å². The van der Waals surface area contributed by atoms with Crippen LogP contribution in [-0.4, -0.2) is 41.8 Å². The van der Waals surface area contributed by atoms with Crippen LogP contribution >= 0.6 is 34.8 Å². The Morgan fingerprint density at radius 3 is 2.66 bits per heavy atom. The lowest BCUT2D eigenvalue weighted by Gasteiger charge is -2.35. The van der Waals surface area contributed by atoms with E-state index in [2.05, 4.69) is 10.6 Å². The molecule has 1 atom stereocenters. The van der Waals surface area contributed by atoms with E-state index in [0.717, 1.165) is 11.0 Å². The number of carbonyl (C=O) groups is 3. The molecule has 2 aromatic carbocycles. The SMILES string of the molecule is O=C(C[C@H]1C(=O)NCCN1C(=O)c1c(F)cccc1Cl)Nc1cc(Cl)ccc1Cl. The molecule has 152 valence electrons. The lowest BCUT2D eigenvalue weighted by Crippen LogP contribution is -2.58. The van der Waals surface area contributed by atoms with Crippen molar-refractivity contribution in [3.8, 4) is 0 Å². The van der Waals surface area contributed by atoms with Gasteiger partial charge in [0.15, 0.2) is 0 Å². The molecule has 29 heavy (non-hydrogen) atoms. The van der Waals surface area contributed by atoms with E-state index in [4.69, 9.17) is 34.8 Å². The van der Waals surface area contributed by atoms with Crippen molar-refractivity contribution in [3.05, 3.63) is 62.8 Å². The van der Waals surface area contributed by atoms with Crippen molar-refractivity contribution in [2.75, 3.05) is 18.4 Å². The average Bonchev–Trinajstić information content (AvgIpc) is 2.66. The molecule has 0 aliphatic carbocycles. The molecule has 10 heteroatoms. The summed E-state index contributed by atoms with van der Waals surface area (Å²) < 4.78 is 14.2. The second-order valence-corrected chi connectivity index (χ2v) is 7.53. The van der Waals surface area contributed by atoms with E-state index in [9.17, 15) is 18.8 Å². The van der Waals surface area contributed by atoms with Crippen molar-refractivity contribution < 1.29 is 18.8 Å². The molecule has 0 aromatic heterocycles. The van der Waals surface area contributed by atoms with Gasteiger partial charge in [0.05, 0.1) is 27.7 Å². The van der Waals surface area contributed by atoms with E-state index in [-0.39, 0.29) is 40.8 Å². The van der Waals surface area contributed by atoms with E-state index in [1.165, 1.54) is 24.3 Å². The quantitative estimate of drug-likeness (QED) is 0.732. The summed E-state index contributed by atoms with van der Waals surface area (Å²) in [6.45, 7) is 0.278. The Hall–Kier alpha value is -2.35. The van der Waals surface area contributed by atoms with Gasteiger partial charge in [-0.3, -0.25) is 14.4 Å². The molecule has 0 unspecified atom stereocenters. The average molecular weight is 459 g/mol. The molecule has 1 saturated heterocycles. The van der Waals surface area contributed by atoms with Crippen LogP contribution in [0.5, 0.6) is 0 Å². The van der Waals surface area contributed by atoms with Crippen molar-refractivity contribution in [1.82, 2.24) is 10.2 Å². The number of rotatable bonds is 4. The minimum absolute atomic E-state index is 0.0742. The Labute approximate surface area is 180 Å². The van der Waals surface area contributed by atoms with Crippen LogP contribution < -0.4 is 10.6 Å². The Balaban J connectivity index is 1.81. The maximum atomic E-state index is 14.2. The summed E-state index contributed by atoms with van der Waals surface area (Å²) in [4.78, 5) is 38.9. The normalized spacial score (nSPS) is 16.3. The highest BCUT2D eigenvalue weighted by molar-refractivity contribution is 6.35. The van der Waals surface area contributed by atoms with Crippen molar-refractivity contribution in [2.24, 2.45) is 0 Å². The fourth-order valence-electron chi connectivity index (χ4n) is 2.98. The van der Waals surface area contributed by atoms with Gasteiger partial charge in [-0.1, -0.05) is 40.9 Å². The van der Waals surface area contributed by atoms with Gasteiger partial charge in [-0.05, 0) is 30.3 Å². The Bertz CT molecular complexity index is 966. The van der Waals surface area contributed by atoms with Gasteiger partial charge in [0, 0.05) is 18.1 Å². The second kappa shape index (κ2) is 8.98. The molecule has 3 rings (SSSR count). The number of amides is 3. The number of carbonyl (C=O) groups excluding carboxylic acids is 3. The lowest BCUT2D eigenvalue weighted by molar-refractivity contribution is -0.131. The number of hydrogen-bond donors (Lipinski definition) is 2. The third kappa shape index (κ3) is 4.80. The van der Waals surface area contributed by atoms with Gasteiger partial charge in [0.2, 0.25) is 11.8 Å². The van der Waals surface area contributed by atoms with Crippen molar-refractivity contribution in [3.63, 3.8) is 0 Å². The lowest BCUT2D eigenvalue weighted by atomic mass is 10.1. The zero-order chi connectivity index (χ0) is 21.1. The van der Waals surface area contributed by atoms with Crippen LogP contribution in [-0.2, 0) is 9.59 Å². The van der Waals surface area contributed by atoms with Gasteiger partial charge in [0.25, 0.3) is 5.91 Å². The third-order valence-corrected chi connectivity index (χ3v) is 5.23. The van der Waals surface area contributed by atoms with Gasteiger partial charge >= 0.3 is 0 Å². The smallest absolute Gasteiger partial charge is 0.259 e. The first-order valence-electron chi connectivity index (χ1n) is 8.55. The Morgan fingerprint density at radius 2 is 1.93 bits per heavy atom. The minimum Gasteiger partial charge on any atom is -0.353 e. The molecular weight excluding hydrogens is 444 g/mol. The molecule has 1 aliphatic heterocycles. The van der Waals surface area contributed by atoms with Gasteiger partial charge in [-0.25, -0.2) is 4.39 Å². The standard InChI is InChI=1S/C19H15Cl3FN3O3/c20-10-4-5-11(21)14(8-10)25-16(27)9-15-18(28)24-6-7-26(15)19(29)17-12(22)2-1-3-13(17)23/h1-5,8,15H,6-7,9H2,(H,24,28)(H,25,27)/t15-/m0/s1. The summed E-state index contributed by atoms with van der Waals surface area (Å²) in [5, 5.41) is 5.73. The van der Waals surface area contributed by atoms with Crippen LogP contribution in [0.1, 0.15) is 16.8 Å². The molecule has 0 radical (unpaired) electrons. The fourth-order valence-corrected chi connectivity index (χ4v) is 3.56. The van der Waals surface area contributed by atoms with E-state index in [1.54, 1.807) is 6.07 Å². The summed E-state index contributed by atoms with van der Waals surface area (Å²) in [6.07, 6.45) is -0.355. The van der Waals surface area contributed by atoms with Crippen LogP contribution in [0.3, 0.4) is 0 Å². The van der Waals surface area contributed by atoms with Crippen LogP contribution in [0.25, 0.3) is 0 Å². The molecular formula is C19H15Cl3FN3O3. The van der Waals surface area contributed by atoms with Gasteiger partial charge in [-0.2, -0.15) is 0 Å².